The highest BCUT2D eigenvalue weighted by atomic mass is 32.2. The van der Waals surface area contributed by atoms with Crippen molar-refractivity contribution in [2.24, 2.45) is 0 Å². The van der Waals surface area contributed by atoms with Crippen LogP contribution in [-0.2, 0) is 14.8 Å². The van der Waals surface area contributed by atoms with Crippen molar-refractivity contribution in [3.63, 3.8) is 0 Å². The zero-order valence-electron chi connectivity index (χ0n) is 9.14. The van der Waals surface area contributed by atoms with E-state index in [9.17, 15) is 13.2 Å². The Morgan fingerprint density at radius 1 is 1.50 bits per heavy atom. The Balaban J connectivity index is 3.12. The highest BCUT2D eigenvalue weighted by molar-refractivity contribution is 7.92. The Hall–Kier alpha value is -1.63. The number of hydrogen-bond donors (Lipinski definition) is 1. The molecule has 0 radical (unpaired) electrons. The molecule has 0 aliphatic rings. The molecule has 1 heterocycles. The predicted molar refractivity (Wildman–Crippen MR) is 58.8 cm³/mol. The SMILES string of the molecule is COC(=O)c1cc(NS(C)(=O)=O)ncc1C. The smallest absolute Gasteiger partial charge is 0.338 e. The molecule has 1 aromatic heterocycles. The zero-order chi connectivity index (χ0) is 12.3. The van der Waals surface area contributed by atoms with Crippen LogP contribution in [0.15, 0.2) is 12.3 Å². The van der Waals surface area contributed by atoms with E-state index in [1.807, 2.05) is 0 Å². The van der Waals surface area contributed by atoms with Gasteiger partial charge < -0.3 is 4.74 Å². The fraction of sp³-hybridized carbons (Fsp3) is 0.333. The Kier molecular flexibility index (Phi) is 3.48. The molecule has 0 saturated heterocycles. The molecule has 0 atom stereocenters. The monoisotopic (exact) mass is 244 g/mol. The van der Waals surface area contributed by atoms with Gasteiger partial charge in [-0.25, -0.2) is 18.2 Å². The van der Waals surface area contributed by atoms with Gasteiger partial charge in [-0.15, -0.1) is 0 Å². The van der Waals surface area contributed by atoms with E-state index >= 15 is 0 Å². The first-order chi connectivity index (χ1) is 7.33. The lowest BCUT2D eigenvalue weighted by Gasteiger charge is -2.07. The van der Waals surface area contributed by atoms with E-state index in [0.29, 0.717) is 5.56 Å². The van der Waals surface area contributed by atoms with E-state index in [1.54, 1.807) is 6.92 Å². The number of carbonyl (C=O) groups excluding carboxylic acids is 1. The maximum atomic E-state index is 11.3. The molecule has 1 N–H and O–H groups in total. The molecule has 0 saturated carbocycles. The first-order valence-electron chi connectivity index (χ1n) is 4.36. The molecule has 1 aromatic rings. The number of esters is 1. The number of nitrogens with zero attached hydrogens (tertiary/aromatic N) is 1. The molecule has 0 aromatic carbocycles. The number of nitrogens with one attached hydrogen (secondary N) is 1. The van der Waals surface area contributed by atoms with Gasteiger partial charge in [0, 0.05) is 6.20 Å². The molecule has 0 spiro atoms. The number of methoxy groups -OCH3 is 1. The van der Waals surface area contributed by atoms with Gasteiger partial charge in [-0.05, 0) is 18.6 Å². The van der Waals surface area contributed by atoms with Crippen molar-refractivity contribution < 1.29 is 17.9 Å². The van der Waals surface area contributed by atoms with Gasteiger partial charge in [0.15, 0.2) is 0 Å². The molecule has 0 aliphatic heterocycles. The second-order valence-electron chi connectivity index (χ2n) is 3.25. The summed E-state index contributed by atoms with van der Waals surface area (Å²) in [5, 5.41) is 0. The molecule has 0 fully saturated rings. The van der Waals surface area contributed by atoms with Gasteiger partial charge in [-0.3, -0.25) is 4.72 Å². The number of carbonyl (C=O) groups is 1. The van der Waals surface area contributed by atoms with Gasteiger partial charge in [0.05, 0.1) is 18.9 Å². The summed E-state index contributed by atoms with van der Waals surface area (Å²) >= 11 is 0. The standard InChI is InChI=1S/C9H12N2O4S/c1-6-5-10-8(11-16(3,13)14)4-7(6)9(12)15-2/h4-5H,1-3H3,(H,10,11). The predicted octanol–water partition coefficient (Wildman–Crippen LogP) is 0.548. The highest BCUT2D eigenvalue weighted by Gasteiger charge is 2.12. The molecule has 7 heteroatoms. The molecule has 0 bridgehead atoms. The van der Waals surface area contributed by atoms with Crippen molar-refractivity contribution in [3.05, 3.63) is 23.4 Å². The van der Waals surface area contributed by atoms with E-state index < -0.39 is 16.0 Å². The third kappa shape index (κ3) is 3.20. The largest absolute Gasteiger partial charge is 0.465 e. The zero-order valence-corrected chi connectivity index (χ0v) is 9.96. The summed E-state index contributed by atoms with van der Waals surface area (Å²) in [7, 11) is -2.15. The molecule has 88 valence electrons. The maximum absolute atomic E-state index is 11.3. The number of rotatable bonds is 3. The Labute approximate surface area is 93.7 Å². The molecule has 6 nitrogen and oxygen atoms in total. The molecule has 0 unspecified atom stereocenters. The van der Waals surface area contributed by atoms with Crippen LogP contribution in [-0.4, -0.2) is 32.7 Å². The second-order valence-corrected chi connectivity index (χ2v) is 5.00. The Bertz CT molecular complexity index is 510. The van der Waals surface area contributed by atoms with Gasteiger partial charge in [-0.2, -0.15) is 0 Å². The molecular weight excluding hydrogens is 232 g/mol. The number of anilines is 1. The quantitative estimate of drug-likeness (QED) is 0.785. The van der Waals surface area contributed by atoms with Crippen LogP contribution in [0.25, 0.3) is 0 Å². The topological polar surface area (TPSA) is 85.4 Å². The van der Waals surface area contributed by atoms with Gasteiger partial charge >= 0.3 is 5.97 Å². The van der Waals surface area contributed by atoms with Crippen LogP contribution in [0.4, 0.5) is 5.82 Å². The molecule has 16 heavy (non-hydrogen) atoms. The fourth-order valence-corrected chi connectivity index (χ4v) is 1.59. The minimum Gasteiger partial charge on any atom is -0.465 e. The third-order valence-corrected chi connectivity index (χ3v) is 2.38. The van der Waals surface area contributed by atoms with Crippen LogP contribution in [0.5, 0.6) is 0 Å². The molecule has 0 amide bonds. The van der Waals surface area contributed by atoms with Crippen molar-refractivity contribution in [2.45, 2.75) is 6.92 Å². The number of sulfonamides is 1. The van der Waals surface area contributed by atoms with Gasteiger partial charge in [0.25, 0.3) is 0 Å². The van der Waals surface area contributed by atoms with E-state index in [1.165, 1.54) is 19.4 Å². The summed E-state index contributed by atoms with van der Waals surface area (Å²) in [6.07, 6.45) is 2.41. The minimum atomic E-state index is -3.40. The lowest BCUT2D eigenvalue weighted by Crippen LogP contribution is -2.12. The van der Waals surface area contributed by atoms with Crippen LogP contribution in [0.1, 0.15) is 15.9 Å². The molecule has 0 aliphatic carbocycles. The lowest BCUT2D eigenvalue weighted by atomic mass is 10.1. The Morgan fingerprint density at radius 3 is 2.62 bits per heavy atom. The summed E-state index contributed by atoms with van der Waals surface area (Å²) in [6.45, 7) is 1.68. The average Bonchev–Trinajstić information content (AvgIpc) is 2.18. The van der Waals surface area contributed by atoms with E-state index in [-0.39, 0.29) is 11.4 Å². The van der Waals surface area contributed by atoms with Crippen LogP contribution >= 0.6 is 0 Å². The number of aryl methyl sites for hydroxylation is 1. The van der Waals surface area contributed by atoms with Gasteiger partial charge in [0.2, 0.25) is 10.0 Å². The summed E-state index contributed by atoms with van der Waals surface area (Å²) in [4.78, 5) is 15.2. The van der Waals surface area contributed by atoms with Crippen molar-refractivity contribution in [1.82, 2.24) is 4.98 Å². The fourth-order valence-electron chi connectivity index (χ4n) is 1.10. The van der Waals surface area contributed by atoms with Gasteiger partial charge in [-0.1, -0.05) is 0 Å². The van der Waals surface area contributed by atoms with Crippen molar-refractivity contribution in [3.8, 4) is 0 Å². The van der Waals surface area contributed by atoms with Crippen molar-refractivity contribution in [1.29, 1.82) is 0 Å². The van der Waals surface area contributed by atoms with Crippen LogP contribution in [0.3, 0.4) is 0 Å². The summed E-state index contributed by atoms with van der Waals surface area (Å²) in [6, 6.07) is 1.34. The van der Waals surface area contributed by atoms with Crippen molar-refractivity contribution >= 4 is 21.8 Å². The number of pyridine rings is 1. The summed E-state index contributed by atoms with van der Waals surface area (Å²) in [5.74, 6) is -0.440. The highest BCUT2D eigenvalue weighted by Crippen LogP contribution is 2.13. The van der Waals surface area contributed by atoms with Gasteiger partial charge in [0.1, 0.15) is 5.82 Å². The molecule has 1 rings (SSSR count). The third-order valence-electron chi connectivity index (χ3n) is 1.80. The second kappa shape index (κ2) is 4.48. The van der Waals surface area contributed by atoms with Crippen LogP contribution in [0, 0.1) is 6.92 Å². The number of ether oxygens (including phenoxy) is 1. The van der Waals surface area contributed by atoms with Crippen LogP contribution in [0.2, 0.25) is 0 Å². The minimum absolute atomic E-state index is 0.0912. The Morgan fingerprint density at radius 2 is 2.12 bits per heavy atom. The van der Waals surface area contributed by atoms with Crippen molar-refractivity contribution in [2.75, 3.05) is 18.1 Å². The maximum Gasteiger partial charge on any atom is 0.338 e. The van der Waals surface area contributed by atoms with E-state index in [2.05, 4.69) is 14.4 Å². The van der Waals surface area contributed by atoms with E-state index in [0.717, 1.165) is 6.26 Å². The number of aromatic nitrogens is 1. The first kappa shape index (κ1) is 12.4. The van der Waals surface area contributed by atoms with Crippen LogP contribution < -0.4 is 4.72 Å². The first-order valence-corrected chi connectivity index (χ1v) is 6.25. The summed E-state index contributed by atoms with van der Waals surface area (Å²) in [5.41, 5.74) is 0.898. The van der Waals surface area contributed by atoms with E-state index in [4.69, 9.17) is 0 Å². The normalized spacial score (nSPS) is 10.9. The average molecular weight is 244 g/mol. The lowest BCUT2D eigenvalue weighted by molar-refractivity contribution is 0.0600. The number of hydrogen-bond acceptors (Lipinski definition) is 5. The molecular formula is C9H12N2O4S. The summed E-state index contributed by atoms with van der Waals surface area (Å²) < 4.78 is 28.7.